The molecule has 108 valence electrons. The Morgan fingerprint density at radius 1 is 1.30 bits per heavy atom. The van der Waals surface area contributed by atoms with Crippen molar-refractivity contribution < 1.29 is 4.79 Å². The van der Waals surface area contributed by atoms with E-state index in [1.807, 2.05) is 18.2 Å². The van der Waals surface area contributed by atoms with Gasteiger partial charge in [-0.2, -0.15) is 0 Å². The molecule has 1 aromatic rings. The minimum Gasteiger partial charge on any atom is -0.318 e. The first-order chi connectivity index (χ1) is 9.79. The molecule has 2 aliphatic rings. The second kappa shape index (κ2) is 5.94. The number of carbonyl (C=O) groups is 1. The number of likely N-dealkylation sites (N-methyl/N-ethyl adjacent to an activating group) is 1. The fourth-order valence-corrected chi connectivity index (χ4v) is 3.39. The molecule has 2 unspecified atom stereocenters. The standard InChI is InChI=1S/C16H23N3O/c1-2-18-10-6-9-14(12-18)19-15(20)11-17-16(19)13-7-4-3-5-8-13/h3-5,7-8,14,16-17H,2,6,9-12H2,1H3. The molecule has 1 aromatic carbocycles. The van der Waals surface area contributed by atoms with Gasteiger partial charge in [0.05, 0.1) is 6.54 Å². The van der Waals surface area contributed by atoms with Crippen LogP contribution in [-0.4, -0.2) is 47.9 Å². The number of hydrogen-bond acceptors (Lipinski definition) is 3. The molecule has 2 saturated heterocycles. The van der Waals surface area contributed by atoms with Crippen molar-refractivity contribution in [3.05, 3.63) is 35.9 Å². The third-order valence-corrected chi connectivity index (χ3v) is 4.45. The third-order valence-electron chi connectivity index (χ3n) is 4.45. The molecule has 2 aliphatic heterocycles. The quantitative estimate of drug-likeness (QED) is 0.908. The Kier molecular flexibility index (Phi) is 4.03. The van der Waals surface area contributed by atoms with E-state index in [0.717, 1.165) is 19.5 Å². The lowest BCUT2D eigenvalue weighted by Crippen LogP contribution is -2.49. The number of nitrogens with zero attached hydrogens (tertiary/aromatic N) is 2. The van der Waals surface area contributed by atoms with Crippen molar-refractivity contribution in [2.75, 3.05) is 26.2 Å². The highest BCUT2D eigenvalue weighted by Crippen LogP contribution is 2.28. The van der Waals surface area contributed by atoms with Gasteiger partial charge in [0.15, 0.2) is 0 Å². The van der Waals surface area contributed by atoms with Crippen molar-refractivity contribution in [1.82, 2.24) is 15.1 Å². The summed E-state index contributed by atoms with van der Waals surface area (Å²) in [6.07, 6.45) is 2.35. The Hall–Kier alpha value is -1.39. The van der Waals surface area contributed by atoms with E-state index in [1.165, 1.54) is 18.5 Å². The molecule has 1 amide bonds. The Balaban J connectivity index is 1.80. The number of benzene rings is 1. The first-order valence-corrected chi connectivity index (χ1v) is 7.61. The molecule has 20 heavy (non-hydrogen) atoms. The summed E-state index contributed by atoms with van der Waals surface area (Å²) in [6, 6.07) is 10.6. The van der Waals surface area contributed by atoms with E-state index >= 15 is 0 Å². The molecule has 0 spiro atoms. The lowest BCUT2D eigenvalue weighted by Gasteiger charge is -2.39. The molecule has 2 atom stereocenters. The highest BCUT2D eigenvalue weighted by molar-refractivity contribution is 5.81. The number of likely N-dealkylation sites (tertiary alicyclic amines) is 1. The molecule has 3 rings (SSSR count). The zero-order valence-corrected chi connectivity index (χ0v) is 12.1. The minimum atomic E-state index is 0.0468. The molecule has 4 heteroatoms. The largest absolute Gasteiger partial charge is 0.318 e. The molecule has 4 nitrogen and oxygen atoms in total. The molecule has 2 fully saturated rings. The van der Waals surface area contributed by atoms with Crippen LogP contribution in [0.15, 0.2) is 30.3 Å². The predicted molar refractivity (Wildman–Crippen MR) is 79.2 cm³/mol. The van der Waals surface area contributed by atoms with Crippen molar-refractivity contribution >= 4 is 5.91 Å². The van der Waals surface area contributed by atoms with Crippen LogP contribution in [0.2, 0.25) is 0 Å². The molecular weight excluding hydrogens is 250 g/mol. The zero-order chi connectivity index (χ0) is 13.9. The van der Waals surface area contributed by atoms with Gasteiger partial charge in [-0.1, -0.05) is 37.3 Å². The van der Waals surface area contributed by atoms with Crippen LogP contribution < -0.4 is 5.32 Å². The first kappa shape index (κ1) is 13.6. The molecule has 1 N–H and O–H groups in total. The van der Waals surface area contributed by atoms with E-state index < -0.39 is 0 Å². The Morgan fingerprint density at radius 3 is 2.85 bits per heavy atom. The molecule has 0 aromatic heterocycles. The van der Waals surface area contributed by atoms with Gasteiger partial charge in [-0.15, -0.1) is 0 Å². The molecule has 0 bridgehead atoms. The second-order valence-electron chi connectivity index (χ2n) is 5.68. The normalized spacial score (nSPS) is 28.1. The predicted octanol–water partition coefficient (Wildman–Crippen LogP) is 1.60. The summed E-state index contributed by atoms with van der Waals surface area (Å²) in [7, 11) is 0. The SMILES string of the molecule is CCN1CCCC(N2C(=O)CNC2c2ccccc2)C1. The summed E-state index contributed by atoms with van der Waals surface area (Å²) in [5.41, 5.74) is 1.19. The highest BCUT2D eigenvalue weighted by Gasteiger charge is 2.38. The summed E-state index contributed by atoms with van der Waals surface area (Å²) in [4.78, 5) is 16.8. The summed E-state index contributed by atoms with van der Waals surface area (Å²) in [6.45, 7) is 5.90. The maximum Gasteiger partial charge on any atom is 0.238 e. The number of carbonyl (C=O) groups excluding carboxylic acids is 1. The van der Waals surface area contributed by atoms with E-state index in [1.54, 1.807) is 0 Å². The zero-order valence-electron chi connectivity index (χ0n) is 12.1. The van der Waals surface area contributed by atoms with Gasteiger partial charge in [-0.25, -0.2) is 0 Å². The highest BCUT2D eigenvalue weighted by atomic mass is 16.2. The summed E-state index contributed by atoms with van der Waals surface area (Å²) >= 11 is 0. The Morgan fingerprint density at radius 2 is 2.10 bits per heavy atom. The van der Waals surface area contributed by atoms with Crippen LogP contribution >= 0.6 is 0 Å². The van der Waals surface area contributed by atoms with Crippen LogP contribution in [0, 0.1) is 0 Å². The van der Waals surface area contributed by atoms with Crippen LogP contribution in [0.3, 0.4) is 0 Å². The number of amides is 1. The van der Waals surface area contributed by atoms with Gasteiger partial charge < -0.3 is 9.80 Å². The van der Waals surface area contributed by atoms with Crippen LogP contribution in [0.4, 0.5) is 0 Å². The number of piperidine rings is 1. The van der Waals surface area contributed by atoms with Gasteiger partial charge in [-0.3, -0.25) is 10.1 Å². The van der Waals surface area contributed by atoms with Gasteiger partial charge in [0, 0.05) is 12.6 Å². The van der Waals surface area contributed by atoms with E-state index in [-0.39, 0.29) is 12.1 Å². The average Bonchev–Trinajstić information content (AvgIpc) is 2.90. The third kappa shape index (κ3) is 2.58. The van der Waals surface area contributed by atoms with Gasteiger partial charge in [-0.05, 0) is 31.5 Å². The van der Waals surface area contributed by atoms with Crippen LogP contribution in [0.5, 0.6) is 0 Å². The monoisotopic (exact) mass is 273 g/mol. The van der Waals surface area contributed by atoms with Crippen molar-refractivity contribution in [2.24, 2.45) is 0 Å². The lowest BCUT2D eigenvalue weighted by atomic mass is 10.0. The molecule has 0 radical (unpaired) electrons. The lowest BCUT2D eigenvalue weighted by molar-refractivity contribution is -0.131. The van der Waals surface area contributed by atoms with Gasteiger partial charge in [0.1, 0.15) is 6.17 Å². The van der Waals surface area contributed by atoms with Crippen molar-refractivity contribution in [1.29, 1.82) is 0 Å². The Bertz CT molecular complexity index is 462. The second-order valence-corrected chi connectivity index (χ2v) is 5.68. The van der Waals surface area contributed by atoms with E-state index in [2.05, 4.69) is 34.2 Å². The van der Waals surface area contributed by atoms with Gasteiger partial charge >= 0.3 is 0 Å². The maximum atomic E-state index is 12.3. The summed E-state index contributed by atoms with van der Waals surface area (Å²) in [5, 5.41) is 3.36. The smallest absolute Gasteiger partial charge is 0.238 e. The van der Waals surface area contributed by atoms with Crippen LogP contribution in [0.25, 0.3) is 0 Å². The molecule has 0 aliphatic carbocycles. The molecular formula is C16H23N3O. The average molecular weight is 273 g/mol. The minimum absolute atomic E-state index is 0.0468. The number of rotatable bonds is 3. The molecule has 2 heterocycles. The first-order valence-electron chi connectivity index (χ1n) is 7.61. The summed E-state index contributed by atoms with van der Waals surface area (Å²) < 4.78 is 0. The maximum absolute atomic E-state index is 12.3. The number of hydrogen-bond donors (Lipinski definition) is 1. The van der Waals surface area contributed by atoms with Crippen molar-refractivity contribution in [3.8, 4) is 0 Å². The van der Waals surface area contributed by atoms with Crippen LogP contribution in [-0.2, 0) is 4.79 Å². The van der Waals surface area contributed by atoms with Gasteiger partial charge in [0.2, 0.25) is 5.91 Å². The fourth-order valence-electron chi connectivity index (χ4n) is 3.39. The Labute approximate surface area is 120 Å². The van der Waals surface area contributed by atoms with E-state index in [4.69, 9.17) is 0 Å². The van der Waals surface area contributed by atoms with Crippen molar-refractivity contribution in [2.45, 2.75) is 32.0 Å². The number of nitrogens with one attached hydrogen (secondary N) is 1. The fraction of sp³-hybridized carbons (Fsp3) is 0.562. The summed E-state index contributed by atoms with van der Waals surface area (Å²) in [5.74, 6) is 0.238. The van der Waals surface area contributed by atoms with E-state index in [0.29, 0.717) is 12.6 Å². The topological polar surface area (TPSA) is 35.6 Å². The van der Waals surface area contributed by atoms with Gasteiger partial charge in [0.25, 0.3) is 0 Å². The van der Waals surface area contributed by atoms with E-state index in [9.17, 15) is 4.79 Å². The van der Waals surface area contributed by atoms with Crippen LogP contribution in [0.1, 0.15) is 31.5 Å². The van der Waals surface area contributed by atoms with Crippen molar-refractivity contribution in [3.63, 3.8) is 0 Å². The molecule has 0 saturated carbocycles.